The van der Waals surface area contributed by atoms with Gasteiger partial charge in [-0.15, -0.1) is 6.58 Å². The normalized spacial score (nSPS) is 16.7. The van der Waals surface area contributed by atoms with Crippen molar-refractivity contribution in [3.63, 3.8) is 0 Å². The van der Waals surface area contributed by atoms with E-state index in [1.54, 1.807) is 19.9 Å². The van der Waals surface area contributed by atoms with Crippen LogP contribution in [0.3, 0.4) is 0 Å². The van der Waals surface area contributed by atoms with E-state index in [4.69, 9.17) is 19.9 Å². The van der Waals surface area contributed by atoms with Crippen LogP contribution in [0.1, 0.15) is 30.9 Å². The number of hydrogen-bond donors (Lipinski definition) is 1. The summed E-state index contributed by atoms with van der Waals surface area (Å²) in [6, 6.07) is 9.52. The number of carbonyl (C=O) groups excluding carboxylic acids is 1. The van der Waals surface area contributed by atoms with Crippen LogP contribution in [0, 0.1) is 11.3 Å². The molecule has 0 saturated heterocycles. The van der Waals surface area contributed by atoms with Crippen LogP contribution in [0.4, 0.5) is 0 Å². The van der Waals surface area contributed by atoms with Gasteiger partial charge >= 0.3 is 5.97 Å². The monoisotopic (exact) mass is 354 g/mol. The molecule has 2 N–H and O–H groups in total. The molecule has 0 saturated carbocycles. The van der Waals surface area contributed by atoms with Crippen LogP contribution in [0.5, 0.6) is 0 Å². The van der Waals surface area contributed by atoms with Crippen molar-refractivity contribution in [1.29, 1.82) is 5.26 Å². The van der Waals surface area contributed by atoms with E-state index in [0.29, 0.717) is 19.0 Å². The highest BCUT2D eigenvalue weighted by Crippen LogP contribution is 2.40. The van der Waals surface area contributed by atoms with Crippen molar-refractivity contribution in [2.24, 2.45) is 5.73 Å². The summed E-state index contributed by atoms with van der Waals surface area (Å²) >= 11 is 0. The summed E-state index contributed by atoms with van der Waals surface area (Å²) in [5.41, 5.74) is 7.96. The van der Waals surface area contributed by atoms with Gasteiger partial charge in [-0.05, 0) is 25.0 Å². The van der Waals surface area contributed by atoms with Crippen molar-refractivity contribution >= 4 is 5.97 Å². The smallest absolute Gasteiger partial charge is 0.338 e. The van der Waals surface area contributed by atoms with Crippen LogP contribution >= 0.6 is 0 Å². The third kappa shape index (κ3) is 3.95. The number of nitrogens with zero attached hydrogens (tertiary/aromatic N) is 1. The van der Waals surface area contributed by atoms with E-state index in [-0.39, 0.29) is 23.6 Å². The summed E-state index contributed by atoms with van der Waals surface area (Å²) < 4.78 is 16.2. The quantitative estimate of drug-likeness (QED) is 0.459. The highest BCUT2D eigenvalue weighted by molar-refractivity contribution is 5.92. The van der Waals surface area contributed by atoms with E-state index in [9.17, 15) is 10.1 Å². The molecule has 0 fully saturated rings. The standard InChI is InChI=1S/C20H22N2O4/c1-4-10-24-12-14-8-6-7-9-15(14)18-16(11-21)19(22)26-13(3)17(18)20(23)25-5-2/h4,6-9,18H,1,5,10,12,22H2,2-3H3. The lowest BCUT2D eigenvalue weighted by molar-refractivity contribution is -0.139. The molecule has 0 aliphatic carbocycles. The van der Waals surface area contributed by atoms with Crippen molar-refractivity contribution in [3.8, 4) is 6.07 Å². The molecule has 1 unspecified atom stereocenters. The second-order valence-electron chi connectivity index (χ2n) is 5.62. The van der Waals surface area contributed by atoms with Crippen molar-refractivity contribution < 1.29 is 19.0 Å². The first kappa shape index (κ1) is 19.3. The Bertz CT molecular complexity index is 802. The minimum Gasteiger partial charge on any atom is -0.463 e. The maximum absolute atomic E-state index is 12.6. The molecule has 1 aliphatic rings. The lowest BCUT2D eigenvalue weighted by Gasteiger charge is -2.28. The van der Waals surface area contributed by atoms with Gasteiger partial charge in [0.15, 0.2) is 0 Å². The molecular weight excluding hydrogens is 332 g/mol. The van der Waals surface area contributed by atoms with Gasteiger partial charge in [0, 0.05) is 0 Å². The van der Waals surface area contributed by atoms with Crippen molar-refractivity contribution in [2.45, 2.75) is 26.4 Å². The fourth-order valence-electron chi connectivity index (χ4n) is 2.87. The number of nitrogens with two attached hydrogens (primary N) is 1. The molecule has 1 aromatic carbocycles. The molecule has 6 nitrogen and oxygen atoms in total. The predicted octanol–water partition coefficient (Wildman–Crippen LogP) is 3.03. The van der Waals surface area contributed by atoms with E-state index < -0.39 is 11.9 Å². The van der Waals surface area contributed by atoms with E-state index in [1.165, 1.54) is 0 Å². The Kier molecular flexibility index (Phi) is 6.59. The van der Waals surface area contributed by atoms with Gasteiger partial charge in [-0.3, -0.25) is 0 Å². The molecule has 0 amide bonds. The number of allylic oxidation sites excluding steroid dienone is 2. The van der Waals surface area contributed by atoms with E-state index >= 15 is 0 Å². The fourth-order valence-corrected chi connectivity index (χ4v) is 2.87. The molecule has 2 rings (SSSR count). The number of esters is 1. The van der Waals surface area contributed by atoms with Gasteiger partial charge < -0.3 is 19.9 Å². The Labute approximate surface area is 153 Å². The predicted molar refractivity (Wildman–Crippen MR) is 96.3 cm³/mol. The van der Waals surface area contributed by atoms with Gasteiger partial charge in [0.05, 0.1) is 31.3 Å². The molecule has 0 spiro atoms. The van der Waals surface area contributed by atoms with Gasteiger partial charge in [0.1, 0.15) is 17.4 Å². The molecule has 1 heterocycles. The van der Waals surface area contributed by atoms with Crippen LogP contribution in [-0.4, -0.2) is 19.2 Å². The van der Waals surface area contributed by atoms with Gasteiger partial charge in [0.2, 0.25) is 5.88 Å². The van der Waals surface area contributed by atoms with E-state index in [1.807, 2.05) is 24.3 Å². The highest BCUT2D eigenvalue weighted by Gasteiger charge is 2.37. The maximum Gasteiger partial charge on any atom is 0.338 e. The van der Waals surface area contributed by atoms with Crippen LogP contribution < -0.4 is 5.73 Å². The third-order valence-corrected chi connectivity index (χ3v) is 3.96. The summed E-state index contributed by atoms with van der Waals surface area (Å²) in [4.78, 5) is 12.6. The van der Waals surface area contributed by atoms with Crippen molar-refractivity contribution in [1.82, 2.24) is 0 Å². The van der Waals surface area contributed by atoms with Crippen molar-refractivity contribution in [2.75, 3.05) is 13.2 Å². The number of hydrogen-bond acceptors (Lipinski definition) is 6. The van der Waals surface area contributed by atoms with Gasteiger partial charge in [0.25, 0.3) is 0 Å². The zero-order valence-electron chi connectivity index (χ0n) is 15.0. The Hall–Kier alpha value is -3.04. The molecule has 136 valence electrons. The average Bonchev–Trinajstić information content (AvgIpc) is 2.62. The first-order valence-corrected chi connectivity index (χ1v) is 8.27. The number of nitriles is 1. The van der Waals surface area contributed by atoms with Gasteiger partial charge in [-0.1, -0.05) is 30.3 Å². The number of benzene rings is 1. The van der Waals surface area contributed by atoms with E-state index in [2.05, 4.69) is 12.6 Å². The topological polar surface area (TPSA) is 94.6 Å². The summed E-state index contributed by atoms with van der Waals surface area (Å²) in [5.74, 6) is -0.884. The molecule has 6 heteroatoms. The van der Waals surface area contributed by atoms with Gasteiger partial charge in [-0.2, -0.15) is 5.26 Å². The Morgan fingerprint density at radius 3 is 2.85 bits per heavy atom. The summed E-state index contributed by atoms with van der Waals surface area (Å²) in [5, 5.41) is 9.63. The molecule has 0 bridgehead atoms. The van der Waals surface area contributed by atoms with Crippen LogP contribution in [0.2, 0.25) is 0 Å². The number of rotatable bonds is 7. The zero-order chi connectivity index (χ0) is 19.1. The lowest BCUT2D eigenvalue weighted by atomic mass is 9.81. The SMILES string of the molecule is C=CCOCc1ccccc1C1C(C#N)=C(N)OC(C)=C1C(=O)OCC. The molecular formula is C20H22N2O4. The van der Waals surface area contributed by atoms with E-state index in [0.717, 1.165) is 11.1 Å². The Balaban J connectivity index is 2.57. The molecule has 0 aromatic heterocycles. The van der Waals surface area contributed by atoms with Crippen LogP contribution in [0.15, 0.2) is 59.7 Å². The maximum atomic E-state index is 12.6. The first-order valence-electron chi connectivity index (χ1n) is 8.27. The highest BCUT2D eigenvalue weighted by atomic mass is 16.5. The fraction of sp³-hybridized carbons (Fsp3) is 0.300. The summed E-state index contributed by atoms with van der Waals surface area (Å²) in [6.07, 6.45) is 1.66. The minimum absolute atomic E-state index is 0.00939. The van der Waals surface area contributed by atoms with Crippen LogP contribution in [-0.2, 0) is 25.6 Å². The third-order valence-electron chi connectivity index (χ3n) is 3.96. The molecule has 1 aliphatic heterocycles. The Morgan fingerprint density at radius 1 is 1.46 bits per heavy atom. The van der Waals surface area contributed by atoms with Crippen LogP contribution in [0.25, 0.3) is 0 Å². The molecule has 1 atom stereocenters. The summed E-state index contributed by atoms with van der Waals surface area (Å²) in [6.45, 7) is 7.91. The van der Waals surface area contributed by atoms with Gasteiger partial charge in [-0.25, -0.2) is 4.79 Å². The molecule has 26 heavy (non-hydrogen) atoms. The number of carbonyl (C=O) groups is 1. The summed E-state index contributed by atoms with van der Waals surface area (Å²) in [7, 11) is 0. The second-order valence-corrected chi connectivity index (χ2v) is 5.62. The minimum atomic E-state index is -0.670. The van der Waals surface area contributed by atoms with Crippen molar-refractivity contribution in [3.05, 3.63) is 70.8 Å². The second kappa shape index (κ2) is 8.88. The largest absolute Gasteiger partial charge is 0.463 e. The number of ether oxygens (including phenoxy) is 3. The molecule has 1 aromatic rings. The molecule has 0 radical (unpaired) electrons. The average molecular weight is 354 g/mol. The zero-order valence-corrected chi connectivity index (χ0v) is 15.0. The lowest BCUT2D eigenvalue weighted by Crippen LogP contribution is -2.26. The first-order chi connectivity index (χ1) is 12.5. The Morgan fingerprint density at radius 2 is 2.19 bits per heavy atom.